The van der Waals surface area contributed by atoms with Crippen molar-refractivity contribution in [1.29, 1.82) is 0 Å². The first kappa shape index (κ1) is 23.5. The smallest absolute Gasteiger partial charge is 0.173 e. The molecule has 5 nitrogen and oxygen atoms in total. The molecule has 0 saturated carbocycles. The molecule has 1 aromatic heterocycles. The molecule has 3 rings (SSSR count). The van der Waals surface area contributed by atoms with Crippen molar-refractivity contribution in [2.75, 3.05) is 13.1 Å². The molecule has 0 aliphatic carbocycles. The van der Waals surface area contributed by atoms with Crippen molar-refractivity contribution in [1.82, 2.24) is 4.98 Å². The second kappa shape index (κ2) is 10.1. The van der Waals surface area contributed by atoms with E-state index in [1.54, 1.807) is 0 Å². The molecule has 9 heteroatoms. The molecule has 22 heavy (non-hydrogen) atoms. The molecule has 2 aliphatic rings. The van der Waals surface area contributed by atoms with Crippen LogP contribution >= 0.6 is 0 Å². The van der Waals surface area contributed by atoms with Gasteiger partial charge in [0.15, 0.2) is 11.7 Å². The van der Waals surface area contributed by atoms with Crippen LogP contribution in [0, 0.1) is 0 Å². The topological polar surface area (TPSA) is 62.3 Å². The molecule has 1 radical (unpaired) electrons. The van der Waals surface area contributed by atoms with Crippen LogP contribution in [0.5, 0.6) is 0 Å². The van der Waals surface area contributed by atoms with Crippen LogP contribution in [0.3, 0.4) is 0 Å². The number of aliphatic imine (C=N–C) groups is 4. The van der Waals surface area contributed by atoms with Gasteiger partial charge in [0.1, 0.15) is 11.4 Å². The van der Waals surface area contributed by atoms with E-state index in [-0.39, 0.29) is 55.8 Å². The van der Waals surface area contributed by atoms with Crippen molar-refractivity contribution in [2.24, 2.45) is 20.0 Å². The Morgan fingerprint density at radius 2 is 1.18 bits per heavy atom. The van der Waals surface area contributed by atoms with E-state index in [4.69, 9.17) is 0 Å². The molecule has 0 amide bonds. The quantitative estimate of drug-likeness (QED) is 0.490. The molecule has 0 spiro atoms. The van der Waals surface area contributed by atoms with Crippen LogP contribution in [-0.4, -0.2) is 41.2 Å². The first-order valence-corrected chi connectivity index (χ1v) is 5.87. The van der Waals surface area contributed by atoms with Crippen molar-refractivity contribution in [3.8, 4) is 0 Å². The predicted octanol–water partition coefficient (Wildman–Crippen LogP) is -7.47. The molecular weight excluding hydrogens is 383 g/mol. The molecule has 119 valence electrons. The van der Waals surface area contributed by atoms with Gasteiger partial charge in [-0.2, -0.15) is 0 Å². The number of nitrogens with zero attached hydrogens (tertiary/aromatic N) is 5. The van der Waals surface area contributed by atoms with E-state index < -0.39 is 0 Å². The molecule has 0 atom stereocenters. The predicted molar refractivity (Wildman–Crippen MR) is 73.3 cm³/mol. The summed E-state index contributed by atoms with van der Waals surface area (Å²) in [6.45, 7) is 5.27. The summed E-state index contributed by atoms with van der Waals surface area (Å²) >= 11 is 0. The summed E-state index contributed by atoms with van der Waals surface area (Å²) in [5.74, 6) is 1.40. The fourth-order valence-corrected chi connectivity index (χ4v) is 1.84. The van der Waals surface area contributed by atoms with Crippen molar-refractivity contribution >= 4 is 23.1 Å². The minimum Gasteiger partial charge on any atom is -1.00 e. The SMILES string of the molecule is CC1=NC(c2cccc(C3=NCC(C)=N3)n2)=NC1.[Cl-].[Cl-].[Cl-].[V]. The van der Waals surface area contributed by atoms with Gasteiger partial charge in [0.2, 0.25) is 0 Å². The maximum Gasteiger partial charge on any atom is 0.173 e. The van der Waals surface area contributed by atoms with E-state index in [1.165, 1.54) is 0 Å². The van der Waals surface area contributed by atoms with Crippen LogP contribution in [0.4, 0.5) is 0 Å². The van der Waals surface area contributed by atoms with Gasteiger partial charge in [-0.05, 0) is 26.0 Å². The first-order chi connectivity index (χ1) is 8.72. The molecule has 2 aliphatic heterocycles. The standard InChI is InChI=1S/C13H13N5.3ClH.V/c1-8-6-14-12(16-8)10-4-3-5-11(18-10)13-15-7-9(2)17-13;;;;/h3-5H,6-7H2,1-2H3;3*1H;/p-3. The van der Waals surface area contributed by atoms with Gasteiger partial charge < -0.3 is 37.2 Å². The molecule has 0 bridgehead atoms. The molecule has 3 heterocycles. The fourth-order valence-electron chi connectivity index (χ4n) is 1.84. The molecule has 0 unspecified atom stereocenters. The van der Waals surface area contributed by atoms with Gasteiger partial charge in [-0.1, -0.05) is 6.07 Å². The summed E-state index contributed by atoms with van der Waals surface area (Å²) < 4.78 is 0. The van der Waals surface area contributed by atoms with Crippen LogP contribution in [0.25, 0.3) is 0 Å². The summed E-state index contributed by atoms with van der Waals surface area (Å²) in [6.07, 6.45) is 0. The van der Waals surface area contributed by atoms with Gasteiger partial charge in [0.05, 0.1) is 13.1 Å². The number of aromatic nitrogens is 1. The van der Waals surface area contributed by atoms with Crippen molar-refractivity contribution in [3.05, 3.63) is 29.6 Å². The Bertz CT molecular complexity index is 589. The van der Waals surface area contributed by atoms with Gasteiger partial charge in [0, 0.05) is 30.0 Å². The number of rotatable bonds is 2. The zero-order chi connectivity index (χ0) is 12.5. The largest absolute Gasteiger partial charge is 1.00 e. The summed E-state index contributed by atoms with van der Waals surface area (Å²) in [4.78, 5) is 22.0. The second-order valence-electron chi connectivity index (χ2n) is 4.38. The minimum atomic E-state index is 0. The third-order valence-electron chi connectivity index (χ3n) is 2.72. The minimum absolute atomic E-state index is 0. The maximum absolute atomic E-state index is 4.53. The summed E-state index contributed by atoms with van der Waals surface area (Å²) in [5.41, 5.74) is 3.60. The number of hydrogen-bond acceptors (Lipinski definition) is 5. The van der Waals surface area contributed by atoms with Crippen molar-refractivity contribution in [3.63, 3.8) is 0 Å². The van der Waals surface area contributed by atoms with Gasteiger partial charge in [-0.15, -0.1) is 0 Å². The summed E-state index contributed by atoms with van der Waals surface area (Å²) in [6, 6.07) is 5.77. The van der Waals surface area contributed by atoms with Crippen LogP contribution in [0.15, 0.2) is 38.2 Å². The number of amidine groups is 2. The van der Waals surface area contributed by atoms with Gasteiger partial charge in [0.25, 0.3) is 0 Å². The Morgan fingerprint density at radius 3 is 1.50 bits per heavy atom. The third-order valence-corrected chi connectivity index (χ3v) is 2.72. The summed E-state index contributed by atoms with van der Waals surface area (Å²) in [7, 11) is 0. The van der Waals surface area contributed by atoms with E-state index in [9.17, 15) is 0 Å². The van der Waals surface area contributed by atoms with Gasteiger partial charge >= 0.3 is 0 Å². The number of pyridine rings is 1. The van der Waals surface area contributed by atoms with Crippen LogP contribution in [-0.2, 0) is 18.6 Å². The summed E-state index contributed by atoms with van der Waals surface area (Å²) in [5, 5.41) is 0. The normalized spacial score (nSPS) is 15.0. The number of halogens is 3. The van der Waals surface area contributed by atoms with Gasteiger partial charge in [-0.25, -0.2) is 15.0 Å². The van der Waals surface area contributed by atoms with Crippen LogP contribution in [0.1, 0.15) is 25.2 Å². The Labute approximate surface area is 160 Å². The fraction of sp³-hybridized carbons (Fsp3) is 0.308. The van der Waals surface area contributed by atoms with E-state index in [1.807, 2.05) is 32.0 Å². The molecule has 0 N–H and O–H groups in total. The Kier molecular flexibility index (Phi) is 10.8. The van der Waals surface area contributed by atoms with E-state index in [0.29, 0.717) is 24.8 Å². The zero-order valence-electron chi connectivity index (χ0n) is 12.0. The first-order valence-electron chi connectivity index (χ1n) is 5.87. The molecule has 0 aromatic carbocycles. The van der Waals surface area contributed by atoms with Crippen LogP contribution in [0.2, 0.25) is 0 Å². The molecule has 1 aromatic rings. The third kappa shape index (κ3) is 5.18. The Morgan fingerprint density at radius 1 is 0.773 bits per heavy atom. The van der Waals surface area contributed by atoms with E-state index in [0.717, 1.165) is 22.8 Å². The zero-order valence-corrected chi connectivity index (χ0v) is 15.6. The van der Waals surface area contributed by atoms with Crippen molar-refractivity contribution in [2.45, 2.75) is 13.8 Å². The second-order valence-corrected chi connectivity index (χ2v) is 4.38. The monoisotopic (exact) mass is 395 g/mol. The Hall–Kier alpha value is -0.716. The number of hydrogen-bond donors (Lipinski definition) is 0. The molecule has 0 saturated heterocycles. The molecular formula is C13H13Cl3N5V-3. The maximum atomic E-state index is 4.53. The van der Waals surface area contributed by atoms with Crippen LogP contribution < -0.4 is 37.2 Å². The average Bonchev–Trinajstić information content (AvgIpc) is 2.98. The van der Waals surface area contributed by atoms with E-state index >= 15 is 0 Å². The Balaban J connectivity index is 0. The van der Waals surface area contributed by atoms with Gasteiger partial charge in [-0.3, -0.25) is 9.98 Å². The van der Waals surface area contributed by atoms with Crippen molar-refractivity contribution < 1.29 is 55.8 Å². The van der Waals surface area contributed by atoms with E-state index in [2.05, 4.69) is 25.0 Å². The average molecular weight is 397 g/mol. The molecule has 0 fully saturated rings.